The Morgan fingerprint density at radius 3 is 2.42 bits per heavy atom. The van der Waals surface area contributed by atoms with E-state index in [1.807, 2.05) is 7.05 Å². The first-order valence-electron chi connectivity index (χ1n) is 8.18. The van der Waals surface area contributed by atoms with E-state index in [2.05, 4.69) is 4.90 Å². The third-order valence-corrected chi connectivity index (χ3v) is 5.43. The van der Waals surface area contributed by atoms with Gasteiger partial charge >= 0.3 is 6.18 Å². The van der Waals surface area contributed by atoms with Gasteiger partial charge in [0, 0.05) is 23.6 Å². The van der Waals surface area contributed by atoms with Crippen molar-refractivity contribution in [2.45, 2.75) is 50.4 Å². The highest BCUT2D eigenvalue weighted by atomic mass is 19.4. The molecule has 2 heterocycles. The number of rotatable bonds is 2. The first kappa shape index (κ1) is 17.0. The summed E-state index contributed by atoms with van der Waals surface area (Å²) in [5, 5.41) is 8.84. The maximum Gasteiger partial charge on any atom is 0.417 e. The minimum Gasteiger partial charge on any atom is -0.300 e. The minimum atomic E-state index is -4.64. The second kappa shape index (κ2) is 6.21. The molecular formula is C18H19F3N2O. The van der Waals surface area contributed by atoms with Gasteiger partial charge in [0.05, 0.1) is 17.2 Å². The third-order valence-electron chi connectivity index (χ3n) is 5.43. The fourth-order valence-corrected chi connectivity index (χ4v) is 4.11. The van der Waals surface area contributed by atoms with Gasteiger partial charge in [0.2, 0.25) is 0 Å². The highest BCUT2D eigenvalue weighted by Gasteiger charge is 2.41. The van der Waals surface area contributed by atoms with Gasteiger partial charge in [-0.05, 0) is 50.9 Å². The van der Waals surface area contributed by atoms with E-state index in [-0.39, 0.29) is 29.1 Å². The molecule has 6 heteroatoms. The first-order valence-corrected chi connectivity index (χ1v) is 8.18. The van der Waals surface area contributed by atoms with Crippen LogP contribution in [0.5, 0.6) is 0 Å². The average Bonchev–Trinajstić information content (AvgIpc) is 2.52. The molecule has 2 fully saturated rings. The van der Waals surface area contributed by atoms with Crippen molar-refractivity contribution in [1.82, 2.24) is 4.90 Å². The number of hydrogen-bond acceptors (Lipinski definition) is 3. The van der Waals surface area contributed by atoms with Crippen molar-refractivity contribution in [3.8, 4) is 6.07 Å². The summed E-state index contributed by atoms with van der Waals surface area (Å²) in [7, 11) is 2.04. The van der Waals surface area contributed by atoms with Crippen molar-refractivity contribution in [2.24, 2.45) is 5.92 Å². The average molecular weight is 336 g/mol. The topological polar surface area (TPSA) is 44.1 Å². The predicted molar refractivity (Wildman–Crippen MR) is 82.4 cm³/mol. The molecule has 3 nitrogen and oxygen atoms in total. The number of nitrogens with zero attached hydrogens (tertiary/aromatic N) is 2. The van der Waals surface area contributed by atoms with Gasteiger partial charge in [-0.1, -0.05) is 6.42 Å². The maximum atomic E-state index is 13.3. The molecule has 0 spiro atoms. The van der Waals surface area contributed by atoms with Crippen LogP contribution in [0.25, 0.3) is 0 Å². The number of carbonyl (C=O) groups excluding carboxylic acids is 1. The number of ketones is 1. The normalized spacial score (nSPS) is 27.5. The fourth-order valence-electron chi connectivity index (χ4n) is 4.11. The summed E-state index contributed by atoms with van der Waals surface area (Å²) in [5.74, 6) is -0.803. The Balaban J connectivity index is 1.92. The van der Waals surface area contributed by atoms with Crippen LogP contribution in [-0.2, 0) is 6.18 Å². The van der Waals surface area contributed by atoms with E-state index in [9.17, 15) is 18.0 Å². The zero-order valence-corrected chi connectivity index (χ0v) is 13.4. The molecule has 0 saturated carbocycles. The maximum absolute atomic E-state index is 13.3. The Morgan fingerprint density at radius 1 is 1.25 bits per heavy atom. The van der Waals surface area contributed by atoms with E-state index in [1.165, 1.54) is 6.07 Å². The zero-order valence-electron chi connectivity index (χ0n) is 13.4. The largest absolute Gasteiger partial charge is 0.417 e. The second-order valence-corrected chi connectivity index (χ2v) is 6.81. The van der Waals surface area contributed by atoms with Crippen LogP contribution in [0.2, 0.25) is 0 Å². The lowest BCUT2D eigenvalue weighted by Crippen LogP contribution is -2.51. The molecule has 2 unspecified atom stereocenters. The van der Waals surface area contributed by atoms with Crippen LogP contribution < -0.4 is 0 Å². The summed E-state index contributed by atoms with van der Waals surface area (Å²) in [6, 6.07) is 5.49. The quantitative estimate of drug-likeness (QED) is 0.766. The Labute approximate surface area is 139 Å². The Bertz CT molecular complexity index is 678. The highest BCUT2D eigenvalue weighted by Crippen LogP contribution is 2.39. The standard InChI is InChI=1S/C18H19F3N2O/c1-23-13-3-2-4-14(23)9-12(8-13)17(24)15-6-5-11(10-22)7-16(15)18(19,20)21/h5-7,12-14H,2-4,8-9H2,1H3. The van der Waals surface area contributed by atoms with E-state index in [0.29, 0.717) is 12.8 Å². The van der Waals surface area contributed by atoms with Crippen LogP contribution in [0.15, 0.2) is 18.2 Å². The number of hydrogen-bond donors (Lipinski definition) is 0. The van der Waals surface area contributed by atoms with Gasteiger partial charge in [-0.3, -0.25) is 4.79 Å². The lowest BCUT2D eigenvalue weighted by Gasteiger charge is -2.46. The molecule has 2 aliphatic rings. The van der Waals surface area contributed by atoms with Crippen LogP contribution >= 0.6 is 0 Å². The second-order valence-electron chi connectivity index (χ2n) is 6.81. The summed E-state index contributed by atoms with van der Waals surface area (Å²) < 4.78 is 39.9. The Hall–Kier alpha value is -1.87. The lowest BCUT2D eigenvalue weighted by molar-refractivity contribution is -0.138. The molecule has 1 aromatic carbocycles. The minimum absolute atomic E-state index is 0.0841. The van der Waals surface area contributed by atoms with Gasteiger partial charge in [0.1, 0.15) is 0 Å². The molecule has 0 radical (unpaired) electrons. The number of fused-ring (bicyclic) bond motifs is 2. The van der Waals surface area contributed by atoms with Crippen molar-refractivity contribution in [1.29, 1.82) is 5.26 Å². The zero-order chi connectivity index (χ0) is 17.5. The van der Waals surface area contributed by atoms with Gasteiger partial charge < -0.3 is 4.90 Å². The number of carbonyl (C=O) groups is 1. The molecule has 0 N–H and O–H groups in total. The predicted octanol–water partition coefficient (Wildman–Crippen LogP) is 4.02. The fraction of sp³-hybridized carbons (Fsp3) is 0.556. The van der Waals surface area contributed by atoms with Gasteiger partial charge in [-0.2, -0.15) is 18.4 Å². The van der Waals surface area contributed by atoms with Gasteiger partial charge in [-0.25, -0.2) is 0 Å². The van der Waals surface area contributed by atoms with Crippen LogP contribution in [0.3, 0.4) is 0 Å². The van der Waals surface area contributed by atoms with Crippen LogP contribution in [-0.4, -0.2) is 29.8 Å². The number of benzene rings is 1. The lowest BCUT2D eigenvalue weighted by atomic mass is 9.75. The molecule has 1 aromatic rings. The first-order chi connectivity index (χ1) is 11.3. The molecule has 2 atom stereocenters. The van der Waals surface area contributed by atoms with E-state index < -0.39 is 17.5 Å². The third kappa shape index (κ3) is 3.05. The number of alkyl halides is 3. The monoisotopic (exact) mass is 336 g/mol. The Morgan fingerprint density at radius 2 is 1.88 bits per heavy atom. The summed E-state index contributed by atoms with van der Waals surface area (Å²) in [4.78, 5) is 15.1. The summed E-state index contributed by atoms with van der Waals surface area (Å²) in [5.41, 5.74) is -1.37. The number of halogens is 3. The van der Waals surface area contributed by atoms with Crippen molar-refractivity contribution < 1.29 is 18.0 Å². The van der Waals surface area contributed by atoms with Crippen LogP contribution in [0, 0.1) is 17.2 Å². The molecule has 0 aliphatic carbocycles. The SMILES string of the molecule is CN1C2CCCC1CC(C(=O)c1ccc(C#N)cc1C(F)(F)F)C2. The van der Waals surface area contributed by atoms with Gasteiger partial charge in [-0.15, -0.1) is 0 Å². The molecule has 2 saturated heterocycles. The van der Waals surface area contributed by atoms with Crippen molar-refractivity contribution in [3.63, 3.8) is 0 Å². The number of Topliss-reactive ketones (excluding diaryl/α,β-unsaturated/α-hetero) is 1. The number of nitriles is 1. The molecule has 24 heavy (non-hydrogen) atoms. The smallest absolute Gasteiger partial charge is 0.300 e. The van der Waals surface area contributed by atoms with Crippen LogP contribution in [0.4, 0.5) is 13.2 Å². The van der Waals surface area contributed by atoms with E-state index in [4.69, 9.17) is 5.26 Å². The highest BCUT2D eigenvalue weighted by molar-refractivity contribution is 5.99. The van der Waals surface area contributed by atoms with E-state index >= 15 is 0 Å². The molecule has 128 valence electrons. The van der Waals surface area contributed by atoms with E-state index in [1.54, 1.807) is 6.07 Å². The Kier molecular flexibility index (Phi) is 4.39. The van der Waals surface area contributed by atoms with E-state index in [0.717, 1.165) is 31.4 Å². The molecule has 2 aliphatic heterocycles. The molecule has 0 amide bonds. The molecule has 3 rings (SSSR count). The summed E-state index contributed by atoms with van der Waals surface area (Å²) >= 11 is 0. The molecular weight excluding hydrogens is 317 g/mol. The number of piperidine rings is 2. The van der Waals surface area contributed by atoms with Crippen molar-refractivity contribution in [3.05, 3.63) is 34.9 Å². The van der Waals surface area contributed by atoms with Gasteiger partial charge in [0.15, 0.2) is 5.78 Å². The van der Waals surface area contributed by atoms with Crippen molar-refractivity contribution >= 4 is 5.78 Å². The molecule has 2 bridgehead atoms. The van der Waals surface area contributed by atoms with Gasteiger partial charge in [0.25, 0.3) is 0 Å². The van der Waals surface area contributed by atoms with Crippen molar-refractivity contribution in [2.75, 3.05) is 7.05 Å². The summed E-state index contributed by atoms with van der Waals surface area (Å²) in [6.07, 6.45) is -0.302. The van der Waals surface area contributed by atoms with Crippen LogP contribution in [0.1, 0.15) is 53.6 Å². The molecule has 0 aromatic heterocycles. The summed E-state index contributed by atoms with van der Waals surface area (Å²) in [6.45, 7) is 0.